The number of carbonyl (C=O) groups is 1. The Balaban J connectivity index is 1.00. The van der Waals surface area contributed by atoms with Crippen molar-refractivity contribution in [3.05, 3.63) is 42.1 Å². The van der Waals surface area contributed by atoms with Crippen LogP contribution in [0.25, 0.3) is 11.5 Å². The molecule has 5 aliphatic rings. The molecule has 2 aromatic rings. The van der Waals surface area contributed by atoms with Crippen LogP contribution in [0.4, 0.5) is 0 Å². The molecule has 1 saturated heterocycles. The van der Waals surface area contributed by atoms with Crippen molar-refractivity contribution in [1.82, 2.24) is 15.2 Å². The van der Waals surface area contributed by atoms with Crippen LogP contribution in [0, 0.1) is 40.4 Å². The number of fused-ring (bicyclic) bond motifs is 7. The van der Waals surface area contributed by atoms with Crippen molar-refractivity contribution >= 4 is 5.97 Å². The standard InChI is InChI=1S/C35H47N3O4/c1-20(32-37-38-33(42-32)23-7-6-16-36-19-23)8-11-29-21(2)31-30(41-29)18-28-26-10-9-24-17-25(40-22(3)39)12-14-34(24,4)27(26)13-15-35(28,31)5/h6-7,9,16,19-21,25-31H,8,10-15,17-18H2,1-5H3/t20-,21-,25+,26-,27+,28+,29-,30+,31+,34+,35+/m1/s1. The molecule has 11 atom stereocenters. The van der Waals surface area contributed by atoms with Gasteiger partial charge in [0, 0.05) is 31.7 Å². The molecule has 4 aliphatic carbocycles. The molecular weight excluding hydrogens is 526 g/mol. The highest BCUT2D eigenvalue weighted by molar-refractivity contribution is 5.66. The molecule has 7 rings (SSSR count). The fourth-order valence-electron chi connectivity index (χ4n) is 10.6. The van der Waals surface area contributed by atoms with Gasteiger partial charge in [0.25, 0.3) is 0 Å². The van der Waals surface area contributed by atoms with Gasteiger partial charge in [0.1, 0.15) is 6.10 Å². The van der Waals surface area contributed by atoms with E-state index in [1.54, 1.807) is 24.9 Å². The Labute approximate surface area is 250 Å². The number of allylic oxidation sites excluding steroid dienone is 1. The van der Waals surface area contributed by atoms with Crippen LogP contribution in [-0.4, -0.2) is 39.5 Å². The predicted octanol–water partition coefficient (Wildman–Crippen LogP) is 7.54. The van der Waals surface area contributed by atoms with Crippen molar-refractivity contribution < 1.29 is 18.7 Å². The summed E-state index contributed by atoms with van der Waals surface area (Å²) in [5, 5.41) is 8.63. The Morgan fingerprint density at radius 2 is 2.05 bits per heavy atom. The Bertz CT molecular complexity index is 1340. The van der Waals surface area contributed by atoms with Gasteiger partial charge in [-0.05, 0) is 104 Å². The maximum Gasteiger partial charge on any atom is 0.302 e. The lowest BCUT2D eigenvalue weighted by molar-refractivity contribution is -0.148. The van der Waals surface area contributed by atoms with E-state index in [1.165, 1.54) is 25.7 Å². The van der Waals surface area contributed by atoms with Crippen molar-refractivity contribution in [2.24, 2.45) is 40.4 Å². The molecule has 0 spiro atoms. The zero-order valence-electron chi connectivity index (χ0n) is 25.9. The highest BCUT2D eigenvalue weighted by atomic mass is 16.5. The molecule has 0 unspecified atom stereocenters. The van der Waals surface area contributed by atoms with Crippen LogP contribution < -0.4 is 0 Å². The van der Waals surface area contributed by atoms with E-state index >= 15 is 0 Å². The van der Waals surface area contributed by atoms with E-state index < -0.39 is 0 Å². The van der Waals surface area contributed by atoms with Gasteiger partial charge in [0.05, 0.1) is 17.8 Å². The lowest BCUT2D eigenvalue weighted by atomic mass is 9.47. The zero-order chi connectivity index (χ0) is 29.2. The van der Waals surface area contributed by atoms with E-state index in [0.29, 0.717) is 41.2 Å². The molecule has 2 aromatic heterocycles. The largest absolute Gasteiger partial charge is 0.462 e. The van der Waals surface area contributed by atoms with Gasteiger partial charge in [-0.1, -0.05) is 39.3 Å². The average molecular weight is 574 g/mol. The Morgan fingerprint density at radius 1 is 1.19 bits per heavy atom. The van der Waals surface area contributed by atoms with Crippen molar-refractivity contribution in [2.45, 2.75) is 117 Å². The van der Waals surface area contributed by atoms with Gasteiger partial charge in [0.2, 0.25) is 11.8 Å². The van der Waals surface area contributed by atoms with Crippen molar-refractivity contribution in [1.29, 1.82) is 0 Å². The maximum absolute atomic E-state index is 11.6. The quantitative estimate of drug-likeness (QED) is 0.261. The second kappa shape index (κ2) is 10.6. The highest BCUT2D eigenvalue weighted by Gasteiger charge is 2.65. The van der Waals surface area contributed by atoms with E-state index in [4.69, 9.17) is 13.9 Å². The summed E-state index contributed by atoms with van der Waals surface area (Å²) in [5.41, 5.74) is 3.04. The number of hydrogen-bond acceptors (Lipinski definition) is 7. The number of nitrogens with zero attached hydrogens (tertiary/aromatic N) is 3. The average Bonchev–Trinajstić information content (AvgIpc) is 3.66. The molecule has 0 bridgehead atoms. The molecule has 0 radical (unpaired) electrons. The van der Waals surface area contributed by atoms with Crippen LogP contribution in [0.2, 0.25) is 0 Å². The second-order valence-electron chi connectivity index (χ2n) is 14.8. The Kier molecular flexibility index (Phi) is 7.11. The van der Waals surface area contributed by atoms with Gasteiger partial charge in [-0.15, -0.1) is 10.2 Å². The third-order valence-electron chi connectivity index (χ3n) is 12.6. The minimum absolute atomic E-state index is 0.0648. The first-order valence-corrected chi connectivity index (χ1v) is 16.4. The zero-order valence-corrected chi connectivity index (χ0v) is 25.9. The molecule has 226 valence electrons. The SMILES string of the molecule is CC(=O)O[C@H]1CC[C@@]2(C)C(=CC[C@H]3[C@@H]4C[C@@H]5O[C@H](CC[C@@H](C)c6nnc(-c7cccnc7)o6)[C@@H](C)[C@@H]5[C@@]4(C)CC[C@@H]32)C1. The van der Waals surface area contributed by atoms with Gasteiger partial charge in [-0.3, -0.25) is 9.78 Å². The first kappa shape index (κ1) is 28.2. The fraction of sp³-hybridized carbons (Fsp3) is 0.714. The van der Waals surface area contributed by atoms with Crippen LogP contribution >= 0.6 is 0 Å². The highest BCUT2D eigenvalue weighted by Crippen LogP contribution is 2.69. The normalized spacial score (nSPS) is 41.2. The van der Waals surface area contributed by atoms with E-state index in [-0.39, 0.29) is 23.4 Å². The first-order valence-electron chi connectivity index (χ1n) is 16.4. The molecule has 0 amide bonds. The number of aromatic nitrogens is 3. The van der Waals surface area contributed by atoms with Crippen LogP contribution in [0.5, 0.6) is 0 Å². The number of pyridine rings is 1. The van der Waals surface area contributed by atoms with Gasteiger partial charge >= 0.3 is 5.97 Å². The van der Waals surface area contributed by atoms with Gasteiger partial charge < -0.3 is 13.9 Å². The molecule has 0 aromatic carbocycles. The number of rotatable bonds is 6. The summed E-state index contributed by atoms with van der Waals surface area (Å²) in [7, 11) is 0. The molecule has 0 N–H and O–H groups in total. The van der Waals surface area contributed by atoms with E-state index in [1.807, 2.05) is 12.1 Å². The fourth-order valence-corrected chi connectivity index (χ4v) is 10.6. The smallest absolute Gasteiger partial charge is 0.302 e. The number of ether oxygens (including phenoxy) is 2. The van der Waals surface area contributed by atoms with Gasteiger partial charge in [-0.2, -0.15) is 0 Å². The summed E-state index contributed by atoms with van der Waals surface area (Å²) in [6.45, 7) is 11.3. The van der Waals surface area contributed by atoms with Crippen molar-refractivity contribution in [3.63, 3.8) is 0 Å². The lowest BCUT2D eigenvalue weighted by Crippen LogP contribution is -2.51. The Hall–Kier alpha value is -2.54. The Morgan fingerprint density at radius 3 is 2.83 bits per heavy atom. The van der Waals surface area contributed by atoms with E-state index in [2.05, 4.69) is 49.0 Å². The molecule has 4 fully saturated rings. The molecular formula is C35H47N3O4. The minimum Gasteiger partial charge on any atom is -0.462 e. The van der Waals surface area contributed by atoms with Gasteiger partial charge in [-0.25, -0.2) is 0 Å². The lowest BCUT2D eigenvalue weighted by Gasteiger charge is -2.58. The van der Waals surface area contributed by atoms with E-state index in [0.717, 1.165) is 55.4 Å². The topological polar surface area (TPSA) is 87.3 Å². The molecule has 7 heteroatoms. The summed E-state index contributed by atoms with van der Waals surface area (Å²) >= 11 is 0. The monoisotopic (exact) mass is 573 g/mol. The first-order chi connectivity index (χ1) is 20.2. The van der Waals surface area contributed by atoms with Crippen LogP contribution in [0.3, 0.4) is 0 Å². The van der Waals surface area contributed by atoms with Crippen LogP contribution in [-0.2, 0) is 14.3 Å². The minimum atomic E-state index is -0.143. The number of hydrogen-bond donors (Lipinski definition) is 0. The summed E-state index contributed by atoms with van der Waals surface area (Å²) in [4.78, 5) is 15.8. The predicted molar refractivity (Wildman–Crippen MR) is 159 cm³/mol. The third-order valence-corrected chi connectivity index (χ3v) is 12.6. The molecule has 1 aliphatic heterocycles. The molecule has 7 nitrogen and oxygen atoms in total. The second-order valence-corrected chi connectivity index (χ2v) is 14.8. The van der Waals surface area contributed by atoms with Crippen molar-refractivity contribution in [3.8, 4) is 11.5 Å². The summed E-state index contributed by atoms with van der Waals surface area (Å²) < 4.78 is 18.6. The molecule has 3 heterocycles. The molecule has 42 heavy (non-hydrogen) atoms. The van der Waals surface area contributed by atoms with Crippen molar-refractivity contribution in [2.75, 3.05) is 0 Å². The summed E-state index contributed by atoms with van der Waals surface area (Å²) in [5.74, 6) is 4.71. The maximum atomic E-state index is 11.6. The van der Waals surface area contributed by atoms with Crippen LogP contribution in [0.15, 0.2) is 40.6 Å². The van der Waals surface area contributed by atoms with E-state index in [9.17, 15) is 4.79 Å². The third kappa shape index (κ3) is 4.56. The number of carbonyl (C=O) groups excluding carboxylic acids is 1. The summed E-state index contributed by atoms with van der Waals surface area (Å²) in [6.07, 6.45) is 16.9. The van der Waals surface area contributed by atoms with Crippen LogP contribution in [0.1, 0.15) is 104 Å². The number of esters is 1. The summed E-state index contributed by atoms with van der Waals surface area (Å²) in [6, 6.07) is 3.83. The molecule has 3 saturated carbocycles. The van der Waals surface area contributed by atoms with Gasteiger partial charge in [0.15, 0.2) is 0 Å².